The Bertz CT molecular complexity index is 1880. The fraction of sp³-hybridized carbons (Fsp3) is 0.143. The molecule has 0 spiro atoms. The number of hydrogen-bond acceptors (Lipinski definition) is 6. The number of benzene rings is 3. The van der Waals surface area contributed by atoms with Crippen LogP contribution in [0.2, 0.25) is 5.02 Å². The summed E-state index contributed by atoms with van der Waals surface area (Å²) in [5.41, 5.74) is 0.289. The zero-order valence-corrected chi connectivity index (χ0v) is 22.9. The molecule has 0 atom stereocenters. The van der Waals surface area contributed by atoms with Gasteiger partial charge in [-0.05, 0) is 65.7 Å². The molecule has 0 bridgehead atoms. The van der Waals surface area contributed by atoms with E-state index in [9.17, 15) is 31.1 Å². The van der Waals surface area contributed by atoms with Crippen molar-refractivity contribution in [2.24, 2.45) is 0 Å². The Morgan fingerprint density at radius 1 is 1.00 bits per heavy atom. The van der Waals surface area contributed by atoms with Crippen LogP contribution in [0.1, 0.15) is 17.1 Å². The minimum Gasteiger partial charge on any atom is -0.440 e. The van der Waals surface area contributed by atoms with Crippen LogP contribution in [-0.4, -0.2) is 34.5 Å². The molecule has 0 fully saturated rings. The van der Waals surface area contributed by atoms with Gasteiger partial charge in [-0.1, -0.05) is 17.7 Å². The van der Waals surface area contributed by atoms with Gasteiger partial charge in [0, 0.05) is 41.1 Å². The van der Waals surface area contributed by atoms with Crippen molar-refractivity contribution in [3.05, 3.63) is 94.8 Å². The summed E-state index contributed by atoms with van der Waals surface area (Å²) >= 11 is 6.03. The smallest absolute Gasteiger partial charge is 0.435 e. The number of oxazole rings is 1. The lowest BCUT2D eigenvalue weighted by molar-refractivity contribution is -0.141. The molecule has 13 heteroatoms. The van der Waals surface area contributed by atoms with E-state index in [4.69, 9.17) is 16.0 Å². The second-order valence-electron chi connectivity index (χ2n) is 9.16. The van der Waals surface area contributed by atoms with Crippen LogP contribution in [0.25, 0.3) is 39.4 Å². The monoisotopic (exact) mass is 605 g/mol. The molecule has 0 saturated carbocycles. The van der Waals surface area contributed by atoms with Crippen molar-refractivity contribution in [3.63, 3.8) is 0 Å². The van der Waals surface area contributed by atoms with E-state index in [0.29, 0.717) is 21.9 Å². The number of alkyl halides is 3. The third-order valence-electron chi connectivity index (χ3n) is 6.26. The topological polar surface area (TPSA) is 98.2 Å². The second-order valence-corrected chi connectivity index (χ2v) is 11.6. The molecule has 212 valence electrons. The molecule has 5 rings (SSSR count). The van der Waals surface area contributed by atoms with Crippen molar-refractivity contribution in [3.8, 4) is 39.4 Å². The number of aliphatic hydroxyl groups is 1. The van der Waals surface area contributed by atoms with Gasteiger partial charge in [-0.25, -0.2) is 22.5 Å². The summed E-state index contributed by atoms with van der Waals surface area (Å²) in [5.74, 6) is -0.382. The number of aromatic nitrogens is 3. The average molecular weight is 606 g/mol. The van der Waals surface area contributed by atoms with Crippen molar-refractivity contribution in [2.75, 3.05) is 6.26 Å². The first kappa shape index (κ1) is 28.5. The standard InChI is InChI=1S/C28H20ClF4N3O4S/c1-15-34-26(27(40-15)16-3-6-19(29)7-4-16)20-11-17(5-8-23(20)36-10-9-25(35-36)28(31,32)33)18-12-22(30)21(14-37)24(13-18)41(2,38)39/h3-13,37H,14H2,1-2H3. The van der Waals surface area contributed by atoms with Gasteiger partial charge in [0.15, 0.2) is 27.2 Å². The summed E-state index contributed by atoms with van der Waals surface area (Å²) in [7, 11) is -3.92. The van der Waals surface area contributed by atoms with Gasteiger partial charge in [-0.3, -0.25) is 0 Å². The molecule has 0 aliphatic heterocycles. The van der Waals surface area contributed by atoms with Crippen LogP contribution in [0.3, 0.4) is 0 Å². The summed E-state index contributed by atoms with van der Waals surface area (Å²) in [4.78, 5) is 4.10. The van der Waals surface area contributed by atoms with Gasteiger partial charge >= 0.3 is 6.18 Å². The highest BCUT2D eigenvalue weighted by Crippen LogP contribution is 2.39. The Hall–Kier alpha value is -4.00. The van der Waals surface area contributed by atoms with Gasteiger partial charge in [-0.15, -0.1) is 0 Å². The van der Waals surface area contributed by atoms with Gasteiger partial charge in [0.2, 0.25) is 0 Å². The lowest BCUT2D eigenvalue weighted by Crippen LogP contribution is -2.08. The Kier molecular flexibility index (Phi) is 7.26. The van der Waals surface area contributed by atoms with Crippen LogP contribution in [0.15, 0.2) is 76.2 Å². The lowest BCUT2D eigenvalue weighted by atomic mass is 9.97. The van der Waals surface area contributed by atoms with Crippen molar-refractivity contribution in [1.29, 1.82) is 0 Å². The molecule has 0 amide bonds. The van der Waals surface area contributed by atoms with E-state index in [-0.39, 0.29) is 38.9 Å². The minimum absolute atomic E-state index is 0.151. The first-order chi connectivity index (χ1) is 19.3. The van der Waals surface area contributed by atoms with Crippen LogP contribution >= 0.6 is 11.6 Å². The highest BCUT2D eigenvalue weighted by molar-refractivity contribution is 7.90. The maximum Gasteiger partial charge on any atom is 0.435 e. The number of hydrogen-bond donors (Lipinski definition) is 1. The zero-order chi connectivity index (χ0) is 29.7. The molecule has 5 aromatic rings. The first-order valence-electron chi connectivity index (χ1n) is 11.9. The maximum atomic E-state index is 14.9. The van der Waals surface area contributed by atoms with E-state index in [2.05, 4.69) is 10.1 Å². The molecule has 7 nitrogen and oxygen atoms in total. The van der Waals surface area contributed by atoms with E-state index in [1.807, 2.05) is 0 Å². The molecule has 0 radical (unpaired) electrons. The van der Waals surface area contributed by atoms with E-state index >= 15 is 0 Å². The van der Waals surface area contributed by atoms with E-state index in [1.165, 1.54) is 24.3 Å². The molecule has 0 unspecified atom stereocenters. The van der Waals surface area contributed by atoms with Crippen molar-refractivity contribution >= 4 is 21.4 Å². The number of rotatable bonds is 6. The van der Waals surface area contributed by atoms with Crippen LogP contribution in [0, 0.1) is 12.7 Å². The number of sulfone groups is 1. The summed E-state index contributed by atoms with van der Waals surface area (Å²) in [5, 5.41) is 13.7. The molecule has 3 aromatic carbocycles. The number of halogens is 5. The first-order valence-corrected chi connectivity index (χ1v) is 14.2. The summed E-state index contributed by atoms with van der Waals surface area (Å²) in [6, 6.07) is 14.3. The highest BCUT2D eigenvalue weighted by Gasteiger charge is 2.34. The zero-order valence-electron chi connectivity index (χ0n) is 21.4. The van der Waals surface area contributed by atoms with Crippen molar-refractivity contribution < 1.29 is 35.5 Å². The van der Waals surface area contributed by atoms with Crippen LogP contribution in [-0.2, 0) is 22.6 Å². The SMILES string of the molecule is Cc1nc(-c2cc(-c3cc(F)c(CO)c(S(C)(=O)=O)c3)ccc2-n2ccc(C(F)(F)F)n2)c(-c2ccc(Cl)cc2)o1. The van der Waals surface area contributed by atoms with Crippen LogP contribution in [0.4, 0.5) is 17.6 Å². The van der Waals surface area contributed by atoms with E-state index in [0.717, 1.165) is 29.3 Å². The maximum absolute atomic E-state index is 14.9. The molecule has 1 N–H and O–H groups in total. The predicted molar refractivity (Wildman–Crippen MR) is 144 cm³/mol. The Morgan fingerprint density at radius 3 is 2.29 bits per heavy atom. The predicted octanol–water partition coefficient (Wildman–Crippen LogP) is 6.88. The molecule has 0 aliphatic rings. The molecule has 2 heterocycles. The fourth-order valence-electron chi connectivity index (χ4n) is 4.38. The van der Waals surface area contributed by atoms with Crippen molar-refractivity contribution in [1.82, 2.24) is 14.8 Å². The molecule has 2 aromatic heterocycles. The quantitative estimate of drug-likeness (QED) is 0.212. The van der Waals surface area contributed by atoms with Gasteiger partial charge in [0.25, 0.3) is 0 Å². The summed E-state index contributed by atoms with van der Waals surface area (Å²) in [6.45, 7) is 0.770. The van der Waals surface area contributed by atoms with Gasteiger partial charge in [0.1, 0.15) is 11.5 Å². The minimum atomic E-state index is -4.68. The Labute approximate surface area is 236 Å². The third kappa shape index (κ3) is 5.63. The molecule has 0 saturated heterocycles. The Balaban J connectivity index is 1.78. The molecular weight excluding hydrogens is 586 g/mol. The number of aryl methyl sites for hydroxylation is 1. The lowest BCUT2D eigenvalue weighted by Gasteiger charge is -2.14. The highest BCUT2D eigenvalue weighted by atomic mass is 35.5. The van der Waals surface area contributed by atoms with E-state index < -0.39 is 34.1 Å². The third-order valence-corrected chi connectivity index (χ3v) is 7.68. The summed E-state index contributed by atoms with van der Waals surface area (Å²) in [6.07, 6.45) is -2.64. The van der Waals surface area contributed by atoms with Crippen LogP contribution < -0.4 is 0 Å². The fourth-order valence-corrected chi connectivity index (χ4v) is 5.46. The largest absolute Gasteiger partial charge is 0.440 e. The van der Waals surface area contributed by atoms with Crippen LogP contribution in [0.5, 0.6) is 0 Å². The molecule has 41 heavy (non-hydrogen) atoms. The van der Waals surface area contributed by atoms with Gasteiger partial charge in [-0.2, -0.15) is 18.3 Å². The van der Waals surface area contributed by atoms with Gasteiger partial charge in [0.05, 0.1) is 17.2 Å². The Morgan fingerprint density at radius 2 is 1.68 bits per heavy atom. The van der Waals surface area contributed by atoms with Crippen molar-refractivity contribution in [2.45, 2.75) is 24.6 Å². The molecule has 0 aliphatic carbocycles. The molecular formula is C28H20ClF4N3O4S. The van der Waals surface area contributed by atoms with Gasteiger partial charge < -0.3 is 9.52 Å². The number of nitrogens with zero attached hydrogens (tertiary/aromatic N) is 3. The van der Waals surface area contributed by atoms with E-state index in [1.54, 1.807) is 31.2 Å². The second kappa shape index (κ2) is 10.4. The average Bonchev–Trinajstić information content (AvgIpc) is 3.55. The summed E-state index contributed by atoms with van der Waals surface area (Å²) < 4.78 is 86.7. The number of aliphatic hydroxyl groups excluding tert-OH is 1. The normalized spacial score (nSPS) is 12.2.